The van der Waals surface area contributed by atoms with Crippen molar-refractivity contribution in [1.29, 1.82) is 0 Å². The minimum Gasteiger partial charge on any atom is -0.305 e. The van der Waals surface area contributed by atoms with Gasteiger partial charge in [-0.05, 0) is 27.6 Å². The van der Waals surface area contributed by atoms with Gasteiger partial charge in [0.25, 0.3) is 0 Å². The normalized spacial score (nSPS) is 13.4. The van der Waals surface area contributed by atoms with Crippen molar-refractivity contribution in [3.05, 3.63) is 56.7 Å². The smallest absolute Gasteiger partial charge is 0.305 e. The summed E-state index contributed by atoms with van der Waals surface area (Å²) in [5, 5.41) is 4.91. The van der Waals surface area contributed by atoms with Crippen LogP contribution < -0.4 is 5.32 Å². The maximum absolute atomic E-state index is 12.7. The molecule has 1 N–H and O–H groups in total. The lowest BCUT2D eigenvalue weighted by molar-refractivity contribution is -0.140. The SMILES string of the molecule is FC(F)(F)CC(NCc1cc(Br)cs1)c1ccccc1. The zero-order chi connectivity index (χ0) is 14.6. The van der Waals surface area contributed by atoms with Crippen LogP contribution in [-0.2, 0) is 6.54 Å². The van der Waals surface area contributed by atoms with Gasteiger partial charge >= 0.3 is 6.18 Å². The van der Waals surface area contributed by atoms with E-state index in [2.05, 4.69) is 21.2 Å². The van der Waals surface area contributed by atoms with Gasteiger partial charge < -0.3 is 5.32 Å². The highest BCUT2D eigenvalue weighted by Gasteiger charge is 2.32. The summed E-state index contributed by atoms with van der Waals surface area (Å²) in [6, 6.07) is 9.92. The van der Waals surface area contributed by atoms with Gasteiger partial charge in [-0.1, -0.05) is 30.3 Å². The first kappa shape index (κ1) is 15.5. The van der Waals surface area contributed by atoms with E-state index >= 15 is 0 Å². The Labute approximate surface area is 128 Å². The third-order valence-corrected chi connectivity index (χ3v) is 4.48. The Kier molecular flexibility index (Phi) is 5.23. The maximum Gasteiger partial charge on any atom is 0.390 e. The molecule has 6 heteroatoms. The summed E-state index contributed by atoms with van der Waals surface area (Å²) in [4.78, 5) is 1.000. The molecule has 0 fully saturated rings. The van der Waals surface area contributed by atoms with Gasteiger partial charge in [0.05, 0.1) is 6.42 Å². The maximum atomic E-state index is 12.7. The van der Waals surface area contributed by atoms with Crippen LogP contribution in [0, 0.1) is 0 Å². The fraction of sp³-hybridized carbons (Fsp3) is 0.286. The number of hydrogen-bond acceptors (Lipinski definition) is 2. The first-order valence-corrected chi connectivity index (χ1v) is 7.69. The second-order valence-corrected chi connectivity index (χ2v) is 6.31. The van der Waals surface area contributed by atoms with Gasteiger partial charge in [-0.2, -0.15) is 13.2 Å². The Hall–Kier alpha value is -0.850. The third kappa shape index (κ3) is 4.92. The summed E-state index contributed by atoms with van der Waals surface area (Å²) in [5.41, 5.74) is 0.653. The van der Waals surface area contributed by atoms with Crippen LogP contribution in [0.5, 0.6) is 0 Å². The van der Waals surface area contributed by atoms with Crippen LogP contribution in [0.15, 0.2) is 46.3 Å². The van der Waals surface area contributed by atoms with Crippen molar-refractivity contribution in [2.45, 2.75) is 25.2 Å². The molecule has 2 aromatic rings. The van der Waals surface area contributed by atoms with E-state index in [-0.39, 0.29) is 0 Å². The predicted molar refractivity (Wildman–Crippen MR) is 78.7 cm³/mol. The van der Waals surface area contributed by atoms with Crippen molar-refractivity contribution in [3.8, 4) is 0 Å². The highest BCUT2D eigenvalue weighted by Crippen LogP contribution is 2.30. The second-order valence-electron chi connectivity index (χ2n) is 4.39. The largest absolute Gasteiger partial charge is 0.390 e. The highest BCUT2D eigenvalue weighted by molar-refractivity contribution is 9.10. The molecule has 2 rings (SSSR count). The van der Waals surface area contributed by atoms with Gasteiger partial charge in [-0.25, -0.2) is 0 Å². The zero-order valence-corrected chi connectivity index (χ0v) is 12.9. The molecule has 0 saturated carbocycles. The van der Waals surface area contributed by atoms with Gasteiger partial charge in [-0.15, -0.1) is 11.3 Å². The van der Waals surface area contributed by atoms with E-state index in [9.17, 15) is 13.2 Å². The monoisotopic (exact) mass is 363 g/mol. The topological polar surface area (TPSA) is 12.0 Å². The minimum atomic E-state index is -4.19. The van der Waals surface area contributed by atoms with Crippen LogP contribution in [-0.4, -0.2) is 6.18 Å². The van der Waals surface area contributed by atoms with Gasteiger partial charge in [0.1, 0.15) is 0 Å². The number of rotatable bonds is 5. The average molecular weight is 364 g/mol. The summed E-state index contributed by atoms with van der Waals surface area (Å²) >= 11 is 4.85. The van der Waals surface area contributed by atoms with E-state index in [1.54, 1.807) is 30.3 Å². The lowest BCUT2D eigenvalue weighted by Gasteiger charge is -2.20. The van der Waals surface area contributed by atoms with E-state index < -0.39 is 18.6 Å². The van der Waals surface area contributed by atoms with Crippen molar-refractivity contribution < 1.29 is 13.2 Å². The molecule has 0 aliphatic heterocycles. The molecule has 0 aliphatic rings. The average Bonchev–Trinajstić information content (AvgIpc) is 2.80. The number of hydrogen-bond donors (Lipinski definition) is 1. The Morgan fingerprint density at radius 2 is 1.90 bits per heavy atom. The molecule has 0 amide bonds. The molecule has 0 radical (unpaired) electrons. The molecule has 1 nitrogen and oxygen atoms in total. The second kappa shape index (κ2) is 6.74. The number of thiophene rings is 1. The fourth-order valence-corrected chi connectivity index (χ4v) is 3.30. The molecule has 1 heterocycles. The molecular weight excluding hydrogens is 351 g/mol. The summed E-state index contributed by atoms with van der Waals surface area (Å²) in [7, 11) is 0. The fourth-order valence-electron chi connectivity index (χ4n) is 1.89. The molecular formula is C14H13BrF3NS. The third-order valence-electron chi connectivity index (χ3n) is 2.78. The quantitative estimate of drug-likeness (QED) is 0.760. The lowest BCUT2D eigenvalue weighted by Crippen LogP contribution is -2.26. The Bertz CT molecular complexity index is 539. The van der Waals surface area contributed by atoms with Crippen molar-refractivity contribution >= 4 is 27.3 Å². The number of nitrogens with one attached hydrogen (secondary N) is 1. The highest BCUT2D eigenvalue weighted by atomic mass is 79.9. The summed E-state index contributed by atoms with van der Waals surface area (Å²) < 4.78 is 39.0. The molecule has 20 heavy (non-hydrogen) atoms. The van der Waals surface area contributed by atoms with Gasteiger partial charge in [-0.3, -0.25) is 0 Å². The molecule has 1 aromatic carbocycles. The molecule has 0 saturated heterocycles. The van der Waals surface area contributed by atoms with Crippen molar-refractivity contribution in [3.63, 3.8) is 0 Å². The van der Waals surface area contributed by atoms with Crippen molar-refractivity contribution in [2.24, 2.45) is 0 Å². The Morgan fingerprint density at radius 1 is 1.20 bits per heavy atom. The first-order valence-electron chi connectivity index (χ1n) is 6.02. The zero-order valence-electron chi connectivity index (χ0n) is 10.5. The Balaban J connectivity index is 2.07. The van der Waals surface area contributed by atoms with Crippen molar-refractivity contribution in [2.75, 3.05) is 0 Å². The van der Waals surface area contributed by atoms with E-state index in [0.717, 1.165) is 9.35 Å². The molecule has 0 spiro atoms. The van der Waals surface area contributed by atoms with Gasteiger partial charge in [0, 0.05) is 27.3 Å². The summed E-state index contributed by atoms with van der Waals surface area (Å²) in [5.74, 6) is 0. The Morgan fingerprint density at radius 3 is 2.45 bits per heavy atom. The molecule has 108 valence electrons. The minimum absolute atomic E-state index is 0.423. The van der Waals surface area contributed by atoms with Crippen LogP contribution in [0.25, 0.3) is 0 Å². The number of alkyl halides is 3. The van der Waals surface area contributed by atoms with E-state index in [1.165, 1.54) is 11.3 Å². The lowest BCUT2D eigenvalue weighted by atomic mass is 10.0. The van der Waals surface area contributed by atoms with Crippen LogP contribution >= 0.6 is 27.3 Å². The molecule has 0 bridgehead atoms. The summed E-state index contributed by atoms with van der Waals surface area (Å²) in [6.07, 6.45) is -5.06. The predicted octanol–water partition coefficient (Wildman–Crippen LogP) is 5.29. The van der Waals surface area contributed by atoms with Crippen LogP contribution in [0.4, 0.5) is 13.2 Å². The van der Waals surface area contributed by atoms with Gasteiger partial charge in [0.15, 0.2) is 0 Å². The molecule has 1 atom stereocenters. The molecule has 1 aromatic heterocycles. The van der Waals surface area contributed by atoms with Gasteiger partial charge in [0.2, 0.25) is 0 Å². The van der Waals surface area contributed by atoms with E-state index in [1.807, 2.05) is 11.4 Å². The van der Waals surface area contributed by atoms with Crippen LogP contribution in [0.2, 0.25) is 0 Å². The number of halogens is 4. The van der Waals surface area contributed by atoms with E-state index in [4.69, 9.17) is 0 Å². The van der Waals surface area contributed by atoms with Crippen LogP contribution in [0.1, 0.15) is 22.9 Å². The molecule has 1 unspecified atom stereocenters. The summed E-state index contributed by atoms with van der Waals surface area (Å²) in [6.45, 7) is 0.423. The van der Waals surface area contributed by atoms with E-state index in [0.29, 0.717) is 12.1 Å². The first-order chi connectivity index (χ1) is 9.44. The molecule has 0 aliphatic carbocycles. The standard InChI is InChI=1S/C14H13BrF3NS/c15-11-6-12(20-9-11)8-19-13(7-14(16,17)18)10-4-2-1-3-5-10/h1-6,9,13,19H,7-8H2. The number of benzene rings is 1. The van der Waals surface area contributed by atoms with Crippen molar-refractivity contribution in [1.82, 2.24) is 5.32 Å². The van der Waals surface area contributed by atoms with Crippen LogP contribution in [0.3, 0.4) is 0 Å².